The highest BCUT2D eigenvalue weighted by molar-refractivity contribution is 5.47. The molecule has 0 saturated carbocycles. The molecule has 1 N–H and O–H groups in total. The van der Waals surface area contributed by atoms with Gasteiger partial charge < -0.3 is 15.0 Å². The minimum atomic E-state index is 0.424. The van der Waals surface area contributed by atoms with Gasteiger partial charge in [-0.25, -0.2) is 0 Å². The van der Waals surface area contributed by atoms with Crippen LogP contribution in [0, 0.1) is 0 Å². The molecule has 0 radical (unpaired) electrons. The lowest BCUT2D eigenvalue weighted by Gasteiger charge is -2.26. The monoisotopic (exact) mass is 246 g/mol. The van der Waals surface area contributed by atoms with E-state index in [0.29, 0.717) is 12.2 Å². The molecule has 2 aliphatic heterocycles. The molecule has 0 aromatic heterocycles. The molecule has 18 heavy (non-hydrogen) atoms. The Labute approximate surface area is 109 Å². The zero-order valence-corrected chi connectivity index (χ0v) is 10.8. The van der Waals surface area contributed by atoms with Crippen molar-refractivity contribution in [1.29, 1.82) is 0 Å². The van der Waals surface area contributed by atoms with Gasteiger partial charge in [-0.1, -0.05) is 18.2 Å². The Balaban J connectivity index is 1.52. The number of anilines is 1. The van der Waals surface area contributed by atoms with Crippen LogP contribution in [0.5, 0.6) is 0 Å². The van der Waals surface area contributed by atoms with Crippen molar-refractivity contribution in [3.8, 4) is 0 Å². The van der Waals surface area contributed by atoms with Crippen LogP contribution < -0.4 is 10.2 Å². The second-order valence-corrected chi connectivity index (χ2v) is 5.28. The van der Waals surface area contributed by atoms with Crippen molar-refractivity contribution in [3.05, 3.63) is 30.3 Å². The first-order valence-electron chi connectivity index (χ1n) is 7.08. The first kappa shape index (κ1) is 12.0. The molecule has 3 nitrogen and oxygen atoms in total. The van der Waals surface area contributed by atoms with E-state index >= 15 is 0 Å². The average Bonchev–Trinajstić information content (AvgIpc) is 2.89. The van der Waals surface area contributed by atoms with Crippen LogP contribution in [-0.2, 0) is 4.74 Å². The second-order valence-electron chi connectivity index (χ2n) is 5.28. The molecule has 1 aromatic rings. The number of nitrogens with one attached hydrogen (secondary N) is 1. The van der Waals surface area contributed by atoms with Crippen LogP contribution in [0.25, 0.3) is 0 Å². The molecular weight excluding hydrogens is 224 g/mol. The number of piperidine rings is 1. The molecule has 1 aromatic carbocycles. The zero-order valence-electron chi connectivity index (χ0n) is 10.8. The lowest BCUT2D eigenvalue weighted by atomic mass is 10.1. The summed E-state index contributed by atoms with van der Waals surface area (Å²) in [6.45, 7) is 4.40. The fraction of sp³-hybridized carbons (Fsp3) is 0.600. The Morgan fingerprint density at radius 1 is 1.00 bits per heavy atom. The van der Waals surface area contributed by atoms with Crippen molar-refractivity contribution in [2.24, 2.45) is 0 Å². The van der Waals surface area contributed by atoms with Gasteiger partial charge in [-0.05, 0) is 44.5 Å². The molecule has 0 spiro atoms. The quantitative estimate of drug-likeness (QED) is 0.883. The Morgan fingerprint density at radius 2 is 1.78 bits per heavy atom. The third-order valence-electron chi connectivity index (χ3n) is 3.94. The number of ether oxygens (including phenoxy) is 1. The minimum Gasteiger partial charge on any atom is -0.373 e. The number of para-hydroxylation sites is 1. The average molecular weight is 246 g/mol. The van der Waals surface area contributed by atoms with Crippen molar-refractivity contribution in [2.75, 3.05) is 31.1 Å². The Bertz CT molecular complexity index is 362. The van der Waals surface area contributed by atoms with Crippen molar-refractivity contribution in [3.63, 3.8) is 0 Å². The van der Waals surface area contributed by atoms with Crippen molar-refractivity contribution >= 4 is 5.69 Å². The van der Waals surface area contributed by atoms with Gasteiger partial charge in [0.05, 0.1) is 12.2 Å². The molecule has 3 rings (SSSR count). The molecule has 0 amide bonds. The normalized spacial score (nSPS) is 25.6. The number of nitrogens with zero attached hydrogens (tertiary/aromatic N) is 1. The molecule has 2 aliphatic rings. The molecule has 0 aliphatic carbocycles. The lowest BCUT2D eigenvalue weighted by Crippen LogP contribution is -2.35. The summed E-state index contributed by atoms with van der Waals surface area (Å²) in [5.74, 6) is 0. The van der Waals surface area contributed by atoms with Crippen molar-refractivity contribution < 1.29 is 4.74 Å². The van der Waals surface area contributed by atoms with Gasteiger partial charge in [0.1, 0.15) is 0 Å². The van der Waals surface area contributed by atoms with Gasteiger partial charge in [-0.3, -0.25) is 0 Å². The second kappa shape index (κ2) is 5.72. The van der Waals surface area contributed by atoms with E-state index in [-0.39, 0.29) is 0 Å². The zero-order chi connectivity index (χ0) is 12.2. The van der Waals surface area contributed by atoms with Crippen LogP contribution in [0.3, 0.4) is 0 Å². The summed E-state index contributed by atoms with van der Waals surface area (Å²) in [6, 6.07) is 10.7. The molecule has 2 saturated heterocycles. The molecule has 2 fully saturated rings. The minimum absolute atomic E-state index is 0.424. The maximum atomic E-state index is 6.22. The van der Waals surface area contributed by atoms with Crippen LogP contribution >= 0.6 is 0 Å². The summed E-state index contributed by atoms with van der Waals surface area (Å²) in [5, 5.41) is 3.38. The number of hydrogen-bond acceptors (Lipinski definition) is 3. The van der Waals surface area contributed by atoms with E-state index in [4.69, 9.17) is 4.74 Å². The van der Waals surface area contributed by atoms with E-state index < -0.39 is 0 Å². The fourth-order valence-electron chi connectivity index (χ4n) is 2.92. The van der Waals surface area contributed by atoms with Gasteiger partial charge in [0.2, 0.25) is 0 Å². The molecule has 2 heterocycles. The van der Waals surface area contributed by atoms with E-state index in [9.17, 15) is 0 Å². The predicted molar refractivity (Wildman–Crippen MR) is 74.0 cm³/mol. The summed E-state index contributed by atoms with van der Waals surface area (Å²) >= 11 is 0. The summed E-state index contributed by atoms with van der Waals surface area (Å²) in [7, 11) is 0. The maximum absolute atomic E-state index is 6.22. The maximum Gasteiger partial charge on any atom is 0.0770 e. The fourth-order valence-corrected chi connectivity index (χ4v) is 2.92. The van der Waals surface area contributed by atoms with Gasteiger partial charge in [0.25, 0.3) is 0 Å². The highest BCUT2D eigenvalue weighted by Gasteiger charge is 2.26. The highest BCUT2D eigenvalue weighted by Crippen LogP contribution is 2.23. The summed E-state index contributed by atoms with van der Waals surface area (Å²) < 4.78 is 6.22. The van der Waals surface area contributed by atoms with Crippen LogP contribution in [0.4, 0.5) is 5.69 Å². The standard InChI is InChI=1S/C15H22N2O/c1-2-4-13(5-3-1)17-11-8-15(12-17)18-14-6-9-16-10-7-14/h1-5,14-16H,6-12H2. The third kappa shape index (κ3) is 2.85. The molecule has 1 atom stereocenters. The first-order valence-corrected chi connectivity index (χ1v) is 7.08. The van der Waals surface area contributed by atoms with Crippen LogP contribution in [0.2, 0.25) is 0 Å². The Hall–Kier alpha value is -1.06. The largest absolute Gasteiger partial charge is 0.373 e. The van der Waals surface area contributed by atoms with E-state index in [1.807, 2.05) is 0 Å². The predicted octanol–water partition coefficient (Wildman–Crippen LogP) is 2.03. The van der Waals surface area contributed by atoms with E-state index in [1.54, 1.807) is 0 Å². The smallest absolute Gasteiger partial charge is 0.0770 e. The molecular formula is C15H22N2O. The van der Waals surface area contributed by atoms with E-state index in [0.717, 1.165) is 26.2 Å². The van der Waals surface area contributed by atoms with Crippen LogP contribution in [0.15, 0.2) is 30.3 Å². The highest BCUT2D eigenvalue weighted by atomic mass is 16.5. The molecule has 98 valence electrons. The van der Waals surface area contributed by atoms with E-state index in [1.165, 1.54) is 24.9 Å². The molecule has 0 bridgehead atoms. The Morgan fingerprint density at radius 3 is 2.56 bits per heavy atom. The number of benzene rings is 1. The number of rotatable bonds is 3. The van der Waals surface area contributed by atoms with Gasteiger partial charge in [0.15, 0.2) is 0 Å². The SMILES string of the molecule is c1ccc(N2CCC(OC3CCNCC3)C2)cc1. The first-order chi connectivity index (χ1) is 8.92. The summed E-state index contributed by atoms with van der Waals surface area (Å²) in [5.41, 5.74) is 1.33. The third-order valence-corrected chi connectivity index (χ3v) is 3.94. The van der Waals surface area contributed by atoms with Gasteiger partial charge in [0, 0.05) is 18.8 Å². The summed E-state index contributed by atoms with van der Waals surface area (Å²) in [6.07, 6.45) is 4.41. The topological polar surface area (TPSA) is 24.5 Å². The summed E-state index contributed by atoms with van der Waals surface area (Å²) in [4.78, 5) is 2.44. The van der Waals surface area contributed by atoms with Crippen LogP contribution in [-0.4, -0.2) is 38.4 Å². The molecule has 1 unspecified atom stereocenters. The van der Waals surface area contributed by atoms with Gasteiger partial charge in [-0.15, -0.1) is 0 Å². The molecule has 3 heteroatoms. The number of hydrogen-bond donors (Lipinski definition) is 1. The lowest BCUT2D eigenvalue weighted by molar-refractivity contribution is -0.0153. The van der Waals surface area contributed by atoms with E-state index in [2.05, 4.69) is 40.5 Å². The van der Waals surface area contributed by atoms with Crippen molar-refractivity contribution in [1.82, 2.24) is 5.32 Å². The van der Waals surface area contributed by atoms with Crippen molar-refractivity contribution in [2.45, 2.75) is 31.5 Å². The van der Waals surface area contributed by atoms with Gasteiger partial charge >= 0.3 is 0 Å². The van der Waals surface area contributed by atoms with Crippen LogP contribution in [0.1, 0.15) is 19.3 Å². The Kier molecular flexibility index (Phi) is 3.81. The van der Waals surface area contributed by atoms with Gasteiger partial charge in [-0.2, -0.15) is 0 Å².